The van der Waals surface area contributed by atoms with E-state index >= 15 is 0 Å². The first kappa shape index (κ1) is 20.2. The Morgan fingerprint density at radius 1 is 1.17 bits per heavy atom. The van der Waals surface area contributed by atoms with Gasteiger partial charge in [0, 0.05) is 12.1 Å². The van der Waals surface area contributed by atoms with Crippen LogP contribution >= 0.6 is 0 Å². The van der Waals surface area contributed by atoms with Crippen molar-refractivity contribution in [2.24, 2.45) is 0 Å². The molecule has 1 aliphatic carbocycles. The summed E-state index contributed by atoms with van der Waals surface area (Å²) < 4.78 is 13.0. The van der Waals surface area contributed by atoms with Gasteiger partial charge in [0.1, 0.15) is 12.1 Å². The summed E-state index contributed by atoms with van der Waals surface area (Å²) in [7, 11) is 0. The predicted octanol–water partition coefficient (Wildman–Crippen LogP) is 3.58. The molecule has 9 nitrogen and oxygen atoms in total. The number of nitrogens with zero attached hydrogens (tertiary/aromatic N) is 3. The number of rotatable bonds is 8. The number of amides is 1. The highest BCUT2D eigenvalue weighted by Gasteiger charge is 2.23. The molecular weight excluding hydrogens is 379 g/mol. The molecule has 0 saturated carbocycles. The van der Waals surface area contributed by atoms with E-state index in [9.17, 15) is 19.3 Å². The third-order valence-electron chi connectivity index (χ3n) is 4.53. The number of benzene rings is 1. The lowest BCUT2D eigenvalue weighted by Crippen LogP contribution is -2.30. The van der Waals surface area contributed by atoms with Crippen molar-refractivity contribution in [3.05, 3.63) is 63.7 Å². The summed E-state index contributed by atoms with van der Waals surface area (Å²) in [6.07, 6.45) is 8.67. The molecule has 29 heavy (non-hydrogen) atoms. The van der Waals surface area contributed by atoms with E-state index in [2.05, 4.69) is 32.2 Å². The Hall–Kier alpha value is -3.56. The number of halogens is 1. The SMILES string of the molecule is O=C(NNc1ncnc(NCCC2=CCCCC2)c1[N+](=O)[O-])c1ccc(F)cc1. The van der Waals surface area contributed by atoms with Crippen LogP contribution in [0.3, 0.4) is 0 Å². The van der Waals surface area contributed by atoms with Gasteiger partial charge < -0.3 is 5.32 Å². The first-order valence-electron chi connectivity index (χ1n) is 9.27. The topological polar surface area (TPSA) is 122 Å². The van der Waals surface area contributed by atoms with Crippen molar-refractivity contribution in [2.75, 3.05) is 17.3 Å². The number of allylic oxidation sites excluding steroid dienone is 1. The van der Waals surface area contributed by atoms with E-state index < -0.39 is 16.6 Å². The van der Waals surface area contributed by atoms with Crippen LogP contribution in [0.5, 0.6) is 0 Å². The van der Waals surface area contributed by atoms with Gasteiger partial charge in [0.25, 0.3) is 5.91 Å². The number of nitro groups is 1. The lowest BCUT2D eigenvalue weighted by atomic mass is 9.97. The van der Waals surface area contributed by atoms with Gasteiger partial charge in [0.05, 0.1) is 4.92 Å². The summed E-state index contributed by atoms with van der Waals surface area (Å²) >= 11 is 0. The molecule has 1 heterocycles. The Kier molecular flexibility index (Phi) is 6.67. The van der Waals surface area contributed by atoms with E-state index in [1.807, 2.05) is 0 Å². The molecule has 0 spiro atoms. The molecule has 0 unspecified atom stereocenters. The second kappa shape index (κ2) is 9.58. The molecule has 1 aliphatic rings. The number of hydrogen-bond donors (Lipinski definition) is 3. The van der Waals surface area contributed by atoms with Gasteiger partial charge in [-0.1, -0.05) is 11.6 Å². The van der Waals surface area contributed by atoms with Gasteiger partial charge in [0.2, 0.25) is 11.6 Å². The van der Waals surface area contributed by atoms with Crippen molar-refractivity contribution in [2.45, 2.75) is 32.1 Å². The van der Waals surface area contributed by atoms with Crippen molar-refractivity contribution >= 4 is 23.2 Å². The summed E-state index contributed by atoms with van der Waals surface area (Å²) in [5, 5.41) is 14.5. The molecule has 0 fully saturated rings. The van der Waals surface area contributed by atoms with Crippen LogP contribution in [0.2, 0.25) is 0 Å². The maximum absolute atomic E-state index is 13.0. The van der Waals surface area contributed by atoms with E-state index in [0.717, 1.165) is 31.4 Å². The van der Waals surface area contributed by atoms with Gasteiger partial charge in [-0.25, -0.2) is 14.4 Å². The zero-order chi connectivity index (χ0) is 20.6. The molecule has 1 aromatic heterocycles. The summed E-state index contributed by atoms with van der Waals surface area (Å²) in [6.45, 7) is 0.505. The number of hydrazine groups is 1. The fourth-order valence-corrected chi connectivity index (χ4v) is 3.04. The maximum atomic E-state index is 13.0. The Balaban J connectivity index is 1.65. The van der Waals surface area contributed by atoms with Gasteiger partial charge >= 0.3 is 5.69 Å². The lowest BCUT2D eigenvalue weighted by Gasteiger charge is -2.14. The summed E-state index contributed by atoms with van der Waals surface area (Å²) in [4.78, 5) is 30.8. The number of hydrogen-bond acceptors (Lipinski definition) is 7. The minimum Gasteiger partial charge on any atom is -0.364 e. The van der Waals surface area contributed by atoms with Crippen LogP contribution < -0.4 is 16.2 Å². The number of carbonyl (C=O) groups is 1. The number of nitrogens with one attached hydrogen (secondary N) is 3. The van der Waals surface area contributed by atoms with Gasteiger partial charge in [-0.3, -0.25) is 25.8 Å². The van der Waals surface area contributed by atoms with E-state index in [4.69, 9.17) is 0 Å². The van der Waals surface area contributed by atoms with Crippen LogP contribution in [0, 0.1) is 15.9 Å². The molecule has 0 aliphatic heterocycles. The standard InChI is InChI=1S/C19H21FN6O3/c20-15-8-6-14(7-9-15)19(27)25-24-18-16(26(28)29)17(22-12-23-18)21-11-10-13-4-2-1-3-5-13/h4,6-9,12H,1-3,5,10-11H2,(H,25,27)(H2,21,22,23,24). The van der Waals surface area contributed by atoms with E-state index in [0.29, 0.717) is 6.54 Å². The van der Waals surface area contributed by atoms with Crippen LogP contribution in [-0.4, -0.2) is 27.3 Å². The summed E-state index contributed by atoms with van der Waals surface area (Å²) in [5.74, 6) is -1.14. The minimum atomic E-state index is -0.616. The lowest BCUT2D eigenvalue weighted by molar-refractivity contribution is -0.383. The van der Waals surface area contributed by atoms with E-state index in [1.165, 1.54) is 36.9 Å². The molecular formula is C19H21FN6O3. The Morgan fingerprint density at radius 2 is 1.93 bits per heavy atom. The quantitative estimate of drug-likeness (QED) is 0.352. The third-order valence-corrected chi connectivity index (χ3v) is 4.53. The molecule has 3 rings (SSSR count). The van der Waals surface area contributed by atoms with Crippen LogP contribution in [0.4, 0.5) is 21.7 Å². The van der Waals surface area contributed by atoms with Gasteiger partial charge in [0.15, 0.2) is 0 Å². The van der Waals surface area contributed by atoms with Gasteiger partial charge in [-0.2, -0.15) is 0 Å². The van der Waals surface area contributed by atoms with Gasteiger partial charge in [-0.05, 0) is 56.4 Å². The molecule has 1 aromatic carbocycles. The second-order valence-corrected chi connectivity index (χ2v) is 6.55. The van der Waals surface area contributed by atoms with Gasteiger partial charge in [-0.15, -0.1) is 0 Å². The highest BCUT2D eigenvalue weighted by molar-refractivity contribution is 5.95. The van der Waals surface area contributed by atoms with Crippen molar-refractivity contribution in [3.63, 3.8) is 0 Å². The highest BCUT2D eigenvalue weighted by Crippen LogP contribution is 2.29. The second-order valence-electron chi connectivity index (χ2n) is 6.55. The van der Waals surface area contributed by atoms with Crippen LogP contribution in [0.25, 0.3) is 0 Å². The van der Waals surface area contributed by atoms with Crippen molar-refractivity contribution in [3.8, 4) is 0 Å². The largest absolute Gasteiger partial charge is 0.364 e. The third kappa shape index (κ3) is 5.47. The van der Waals surface area contributed by atoms with Crippen molar-refractivity contribution < 1.29 is 14.1 Å². The number of aromatic nitrogens is 2. The Morgan fingerprint density at radius 3 is 2.62 bits per heavy atom. The Labute approximate surface area is 166 Å². The first-order chi connectivity index (χ1) is 14.0. The monoisotopic (exact) mass is 400 g/mol. The van der Waals surface area contributed by atoms with Crippen molar-refractivity contribution in [1.82, 2.24) is 15.4 Å². The molecule has 1 amide bonds. The first-order valence-corrected chi connectivity index (χ1v) is 9.27. The van der Waals surface area contributed by atoms with Crippen LogP contribution in [-0.2, 0) is 0 Å². The summed E-state index contributed by atoms with van der Waals surface area (Å²) in [6, 6.07) is 4.89. The fourth-order valence-electron chi connectivity index (χ4n) is 3.04. The van der Waals surface area contributed by atoms with Crippen molar-refractivity contribution in [1.29, 1.82) is 0 Å². The van der Waals surface area contributed by atoms with E-state index in [-0.39, 0.29) is 22.9 Å². The Bertz CT molecular complexity index is 917. The predicted molar refractivity (Wildman–Crippen MR) is 106 cm³/mol. The number of carbonyl (C=O) groups excluding carboxylic acids is 1. The molecule has 0 radical (unpaired) electrons. The van der Waals surface area contributed by atoms with Crippen LogP contribution in [0.15, 0.2) is 42.2 Å². The zero-order valence-electron chi connectivity index (χ0n) is 15.7. The summed E-state index contributed by atoms with van der Waals surface area (Å²) in [5.41, 5.74) is 5.93. The van der Waals surface area contributed by atoms with Crippen LogP contribution in [0.1, 0.15) is 42.5 Å². The smallest absolute Gasteiger partial charge is 0.354 e. The highest BCUT2D eigenvalue weighted by atomic mass is 19.1. The zero-order valence-corrected chi connectivity index (χ0v) is 15.7. The molecule has 152 valence electrons. The average Bonchev–Trinajstić information content (AvgIpc) is 2.73. The maximum Gasteiger partial charge on any atom is 0.354 e. The normalized spacial score (nSPS) is 13.3. The molecule has 2 aromatic rings. The fraction of sp³-hybridized carbons (Fsp3) is 0.316. The molecule has 0 saturated heterocycles. The molecule has 0 atom stereocenters. The average molecular weight is 400 g/mol. The number of anilines is 2. The molecule has 0 bridgehead atoms. The minimum absolute atomic E-state index is 0.0694. The van der Waals surface area contributed by atoms with E-state index in [1.54, 1.807) is 0 Å². The molecule has 10 heteroatoms. The molecule has 3 N–H and O–H groups in total.